The lowest BCUT2D eigenvalue weighted by Gasteiger charge is -2.39. The maximum atomic E-state index is 6.23. The van der Waals surface area contributed by atoms with E-state index in [1.807, 2.05) is 12.1 Å². The van der Waals surface area contributed by atoms with Gasteiger partial charge in [-0.2, -0.15) is 11.3 Å². The quantitative estimate of drug-likeness (QED) is 0.861. The molecule has 2 atom stereocenters. The lowest BCUT2D eigenvalue weighted by atomic mass is 9.89. The number of aromatic nitrogens is 1. The Morgan fingerprint density at radius 1 is 1.43 bits per heavy atom. The number of rotatable bonds is 4. The van der Waals surface area contributed by atoms with Crippen LogP contribution in [0.4, 0.5) is 0 Å². The summed E-state index contributed by atoms with van der Waals surface area (Å²) in [7, 11) is 0. The molecule has 2 fully saturated rings. The Labute approximate surface area is 141 Å². The standard InChI is InChI=1S/C18H22N2O2S/c1-3-16(10-19-6-1)22-17-9-18(21-12-17)5-2-7-20(14-18)11-15-4-8-23-13-15/h1,3-4,6,8,10,13,17H,2,5,7,9,11-12,14H2/t17-,18+/m0/s1. The van der Waals surface area contributed by atoms with Crippen LogP contribution in [-0.2, 0) is 11.3 Å². The first-order valence-electron chi connectivity index (χ1n) is 8.25. The molecule has 4 nitrogen and oxygen atoms in total. The Morgan fingerprint density at radius 3 is 3.26 bits per heavy atom. The molecule has 2 saturated heterocycles. The van der Waals surface area contributed by atoms with E-state index in [9.17, 15) is 0 Å². The largest absolute Gasteiger partial charge is 0.486 e. The van der Waals surface area contributed by atoms with Crippen molar-refractivity contribution in [1.29, 1.82) is 0 Å². The summed E-state index contributed by atoms with van der Waals surface area (Å²) in [5.41, 5.74) is 1.38. The zero-order valence-corrected chi connectivity index (χ0v) is 14.0. The third kappa shape index (κ3) is 3.57. The van der Waals surface area contributed by atoms with Crippen molar-refractivity contribution in [2.75, 3.05) is 19.7 Å². The van der Waals surface area contributed by atoms with Gasteiger partial charge in [0.15, 0.2) is 0 Å². The van der Waals surface area contributed by atoms with Gasteiger partial charge < -0.3 is 9.47 Å². The van der Waals surface area contributed by atoms with Gasteiger partial charge in [0.05, 0.1) is 18.4 Å². The predicted octanol–water partition coefficient (Wildman–Crippen LogP) is 3.35. The van der Waals surface area contributed by atoms with Crippen LogP contribution in [0.1, 0.15) is 24.8 Å². The zero-order chi connectivity index (χ0) is 15.5. The fourth-order valence-corrected chi connectivity index (χ4v) is 4.40. The molecular formula is C18H22N2O2S. The second-order valence-corrected chi connectivity index (χ2v) is 7.35. The monoisotopic (exact) mass is 330 g/mol. The summed E-state index contributed by atoms with van der Waals surface area (Å²) in [5, 5.41) is 4.39. The maximum absolute atomic E-state index is 6.23. The molecule has 0 aliphatic carbocycles. The highest BCUT2D eigenvalue weighted by Crippen LogP contribution is 2.36. The number of piperidine rings is 1. The van der Waals surface area contributed by atoms with E-state index in [0.717, 1.165) is 38.2 Å². The molecule has 0 aromatic carbocycles. The van der Waals surface area contributed by atoms with Crippen molar-refractivity contribution in [3.8, 4) is 5.75 Å². The van der Waals surface area contributed by atoms with Gasteiger partial charge in [-0.25, -0.2) is 0 Å². The number of nitrogens with zero attached hydrogens (tertiary/aromatic N) is 2. The molecule has 23 heavy (non-hydrogen) atoms. The van der Waals surface area contributed by atoms with Crippen molar-refractivity contribution in [3.63, 3.8) is 0 Å². The molecule has 2 aromatic heterocycles. The molecule has 0 bridgehead atoms. The summed E-state index contributed by atoms with van der Waals surface area (Å²) >= 11 is 1.77. The topological polar surface area (TPSA) is 34.6 Å². The van der Waals surface area contributed by atoms with E-state index in [1.54, 1.807) is 23.7 Å². The highest BCUT2D eigenvalue weighted by molar-refractivity contribution is 7.07. The van der Waals surface area contributed by atoms with Crippen LogP contribution in [0, 0.1) is 0 Å². The van der Waals surface area contributed by atoms with Crippen molar-refractivity contribution in [3.05, 3.63) is 46.9 Å². The molecule has 2 aliphatic rings. The van der Waals surface area contributed by atoms with E-state index in [0.29, 0.717) is 6.61 Å². The van der Waals surface area contributed by atoms with E-state index in [1.165, 1.54) is 12.0 Å². The number of hydrogen-bond acceptors (Lipinski definition) is 5. The number of pyridine rings is 1. The van der Waals surface area contributed by atoms with E-state index < -0.39 is 0 Å². The van der Waals surface area contributed by atoms with Gasteiger partial charge >= 0.3 is 0 Å². The number of ether oxygens (including phenoxy) is 2. The third-order valence-electron chi connectivity index (χ3n) is 4.72. The molecule has 2 aliphatic heterocycles. The third-order valence-corrected chi connectivity index (χ3v) is 5.45. The molecule has 0 saturated carbocycles. The molecule has 4 heterocycles. The molecule has 0 radical (unpaired) electrons. The summed E-state index contributed by atoms with van der Waals surface area (Å²) in [6.07, 6.45) is 6.99. The van der Waals surface area contributed by atoms with Gasteiger partial charge in [0.2, 0.25) is 0 Å². The fourth-order valence-electron chi connectivity index (χ4n) is 3.74. The predicted molar refractivity (Wildman–Crippen MR) is 90.8 cm³/mol. The first kappa shape index (κ1) is 15.1. The first-order chi connectivity index (χ1) is 11.3. The summed E-state index contributed by atoms with van der Waals surface area (Å²) in [4.78, 5) is 6.64. The van der Waals surface area contributed by atoms with E-state index >= 15 is 0 Å². The van der Waals surface area contributed by atoms with Crippen LogP contribution in [0.5, 0.6) is 5.75 Å². The summed E-state index contributed by atoms with van der Waals surface area (Å²) in [6.45, 7) is 3.88. The summed E-state index contributed by atoms with van der Waals surface area (Å²) in [5.74, 6) is 0.837. The maximum Gasteiger partial charge on any atom is 0.138 e. The average molecular weight is 330 g/mol. The SMILES string of the molecule is c1cncc(O[C@@H]2CO[C@]3(CCCN(Cc4ccsc4)C3)C2)c1. The van der Waals surface area contributed by atoms with Crippen molar-refractivity contribution in [2.45, 2.75) is 37.5 Å². The van der Waals surface area contributed by atoms with Crippen LogP contribution in [0.3, 0.4) is 0 Å². The van der Waals surface area contributed by atoms with Gasteiger partial charge in [-0.15, -0.1) is 0 Å². The van der Waals surface area contributed by atoms with Gasteiger partial charge in [0.25, 0.3) is 0 Å². The van der Waals surface area contributed by atoms with Crippen LogP contribution >= 0.6 is 11.3 Å². The number of likely N-dealkylation sites (tertiary alicyclic amines) is 1. The van der Waals surface area contributed by atoms with Crippen molar-refractivity contribution >= 4 is 11.3 Å². The van der Waals surface area contributed by atoms with Gasteiger partial charge in [0, 0.05) is 25.7 Å². The lowest BCUT2D eigenvalue weighted by molar-refractivity contribution is -0.0538. The first-order valence-corrected chi connectivity index (χ1v) is 9.20. The van der Waals surface area contributed by atoms with Crippen LogP contribution in [-0.4, -0.2) is 41.3 Å². The van der Waals surface area contributed by atoms with Crippen molar-refractivity contribution in [1.82, 2.24) is 9.88 Å². The van der Waals surface area contributed by atoms with E-state index in [-0.39, 0.29) is 11.7 Å². The normalized spacial score (nSPS) is 28.3. The van der Waals surface area contributed by atoms with Crippen LogP contribution in [0.15, 0.2) is 41.4 Å². The number of hydrogen-bond donors (Lipinski definition) is 0. The molecule has 0 amide bonds. The van der Waals surface area contributed by atoms with E-state index in [4.69, 9.17) is 9.47 Å². The minimum Gasteiger partial charge on any atom is -0.486 e. The van der Waals surface area contributed by atoms with Crippen LogP contribution in [0.25, 0.3) is 0 Å². The van der Waals surface area contributed by atoms with Gasteiger partial charge in [0.1, 0.15) is 11.9 Å². The van der Waals surface area contributed by atoms with Gasteiger partial charge in [-0.05, 0) is 53.9 Å². The minimum absolute atomic E-state index is 0.0266. The van der Waals surface area contributed by atoms with Crippen molar-refractivity contribution in [2.24, 2.45) is 0 Å². The molecular weight excluding hydrogens is 308 g/mol. The Balaban J connectivity index is 1.37. The zero-order valence-electron chi connectivity index (χ0n) is 13.2. The Morgan fingerprint density at radius 2 is 2.43 bits per heavy atom. The Kier molecular flexibility index (Phi) is 4.33. The van der Waals surface area contributed by atoms with Crippen molar-refractivity contribution < 1.29 is 9.47 Å². The molecule has 0 N–H and O–H groups in total. The number of thiophene rings is 1. The molecule has 0 unspecified atom stereocenters. The molecule has 5 heteroatoms. The second kappa shape index (κ2) is 6.59. The smallest absolute Gasteiger partial charge is 0.138 e. The minimum atomic E-state index is -0.0266. The highest BCUT2D eigenvalue weighted by Gasteiger charge is 2.44. The molecule has 122 valence electrons. The summed E-state index contributed by atoms with van der Waals surface area (Å²) in [6, 6.07) is 6.08. The summed E-state index contributed by atoms with van der Waals surface area (Å²) < 4.78 is 12.3. The average Bonchev–Trinajstić information content (AvgIpc) is 3.19. The fraction of sp³-hybridized carbons (Fsp3) is 0.500. The Hall–Kier alpha value is -1.43. The van der Waals surface area contributed by atoms with Crippen LogP contribution < -0.4 is 4.74 Å². The molecule has 1 spiro atoms. The molecule has 2 aromatic rings. The van der Waals surface area contributed by atoms with Gasteiger partial charge in [-0.1, -0.05) is 0 Å². The molecule has 4 rings (SSSR count). The highest BCUT2D eigenvalue weighted by atomic mass is 32.1. The van der Waals surface area contributed by atoms with Gasteiger partial charge in [-0.3, -0.25) is 9.88 Å². The van der Waals surface area contributed by atoms with E-state index in [2.05, 4.69) is 26.7 Å². The Bertz CT molecular complexity index is 619. The van der Waals surface area contributed by atoms with Crippen LogP contribution in [0.2, 0.25) is 0 Å². The lowest BCUT2D eigenvalue weighted by Crippen LogP contribution is -2.47. The second-order valence-electron chi connectivity index (χ2n) is 6.57.